The van der Waals surface area contributed by atoms with Crippen LogP contribution in [0.3, 0.4) is 0 Å². The van der Waals surface area contributed by atoms with Gasteiger partial charge in [0.1, 0.15) is 5.82 Å². The Bertz CT molecular complexity index is 516. The smallest absolute Gasteiger partial charge is 0.124 e. The van der Waals surface area contributed by atoms with Gasteiger partial charge in [0.25, 0.3) is 0 Å². The summed E-state index contributed by atoms with van der Waals surface area (Å²) in [5.41, 5.74) is 0.847. The van der Waals surface area contributed by atoms with Crippen LogP contribution in [0.4, 0.5) is 4.39 Å². The molecule has 118 valence electrons. The molecule has 0 bridgehead atoms. The highest BCUT2D eigenvalue weighted by molar-refractivity contribution is 14.1. The molecule has 21 heavy (non-hydrogen) atoms. The molecule has 0 amide bonds. The predicted octanol–water partition coefficient (Wildman–Crippen LogP) is 4.67. The monoisotopic (exact) mass is 405 g/mol. The SMILES string of the molecule is CCNC(c1ccc(F)cc1I)C1CC(C)(C)OC1(C)C. The highest BCUT2D eigenvalue weighted by Gasteiger charge is 2.49. The fraction of sp³-hybridized carbons (Fsp3) is 0.647. The summed E-state index contributed by atoms with van der Waals surface area (Å²) in [6.07, 6.45) is 0.991. The molecule has 0 spiro atoms. The standard InChI is InChI=1S/C17H25FINO/c1-6-20-15(12-8-7-11(18)9-14(12)19)13-10-16(2,3)21-17(13,4)5/h7-9,13,15,20H,6,10H2,1-5H3. The highest BCUT2D eigenvalue weighted by Crippen LogP contribution is 2.48. The number of benzene rings is 1. The van der Waals surface area contributed by atoms with Crippen molar-refractivity contribution in [3.05, 3.63) is 33.1 Å². The molecule has 2 rings (SSSR count). The van der Waals surface area contributed by atoms with Crippen LogP contribution in [0, 0.1) is 15.3 Å². The van der Waals surface area contributed by atoms with Gasteiger partial charge in [-0.3, -0.25) is 0 Å². The second-order valence-electron chi connectivity index (χ2n) is 6.98. The minimum absolute atomic E-state index is 0.118. The Morgan fingerprint density at radius 3 is 2.52 bits per heavy atom. The third kappa shape index (κ3) is 3.77. The summed E-state index contributed by atoms with van der Waals surface area (Å²) in [7, 11) is 0. The van der Waals surface area contributed by atoms with Crippen LogP contribution in [0.25, 0.3) is 0 Å². The van der Waals surface area contributed by atoms with Crippen LogP contribution in [-0.2, 0) is 4.74 Å². The zero-order valence-corrected chi connectivity index (χ0v) is 15.6. The van der Waals surface area contributed by atoms with Crippen molar-refractivity contribution >= 4 is 22.6 Å². The molecule has 4 heteroatoms. The lowest BCUT2D eigenvalue weighted by atomic mass is 9.79. The summed E-state index contributed by atoms with van der Waals surface area (Å²) >= 11 is 2.23. The number of hydrogen-bond acceptors (Lipinski definition) is 2. The van der Waals surface area contributed by atoms with Gasteiger partial charge in [-0.2, -0.15) is 0 Å². The van der Waals surface area contributed by atoms with Gasteiger partial charge in [-0.25, -0.2) is 4.39 Å². The number of hydrogen-bond donors (Lipinski definition) is 1. The van der Waals surface area contributed by atoms with E-state index in [2.05, 4.69) is 62.5 Å². The zero-order chi connectivity index (χ0) is 15.8. The molecule has 2 unspecified atom stereocenters. The van der Waals surface area contributed by atoms with Gasteiger partial charge in [-0.15, -0.1) is 0 Å². The third-order valence-corrected chi connectivity index (χ3v) is 5.20. The number of halogens is 2. The molecule has 0 aromatic heterocycles. The Kier molecular flexibility index (Phi) is 5.01. The first-order valence-electron chi connectivity index (χ1n) is 7.55. The third-order valence-electron chi connectivity index (χ3n) is 4.27. The highest BCUT2D eigenvalue weighted by atomic mass is 127. The summed E-state index contributed by atoms with van der Waals surface area (Å²) in [5, 5.41) is 3.59. The second kappa shape index (κ2) is 6.13. The van der Waals surface area contributed by atoms with Crippen LogP contribution in [-0.4, -0.2) is 17.7 Å². The van der Waals surface area contributed by atoms with Crippen molar-refractivity contribution < 1.29 is 9.13 Å². The topological polar surface area (TPSA) is 21.3 Å². The van der Waals surface area contributed by atoms with Gasteiger partial charge in [0.2, 0.25) is 0 Å². The Balaban J connectivity index is 2.39. The molecule has 1 N–H and O–H groups in total. The predicted molar refractivity (Wildman–Crippen MR) is 92.9 cm³/mol. The van der Waals surface area contributed by atoms with E-state index in [0.717, 1.165) is 16.5 Å². The maximum atomic E-state index is 13.4. The van der Waals surface area contributed by atoms with Crippen molar-refractivity contribution in [1.29, 1.82) is 0 Å². The Labute approximate surface area is 141 Å². The molecule has 0 radical (unpaired) electrons. The van der Waals surface area contributed by atoms with Gasteiger partial charge in [-0.05, 0) is 80.9 Å². The Hall–Kier alpha value is -0.200. The molecule has 1 aliphatic heterocycles. The van der Waals surface area contributed by atoms with E-state index in [1.807, 2.05) is 6.07 Å². The molecule has 0 saturated carbocycles. The van der Waals surface area contributed by atoms with Crippen molar-refractivity contribution in [1.82, 2.24) is 5.32 Å². The fourth-order valence-corrected chi connectivity index (χ4v) is 4.38. The van der Waals surface area contributed by atoms with Gasteiger partial charge >= 0.3 is 0 Å². The molecule has 1 heterocycles. The van der Waals surface area contributed by atoms with Gasteiger partial charge in [0.05, 0.1) is 11.2 Å². The van der Waals surface area contributed by atoms with Crippen LogP contribution in [0.15, 0.2) is 18.2 Å². The van der Waals surface area contributed by atoms with Gasteiger partial charge < -0.3 is 10.1 Å². The quantitative estimate of drug-likeness (QED) is 0.735. The lowest BCUT2D eigenvalue weighted by Gasteiger charge is -2.34. The van der Waals surface area contributed by atoms with E-state index in [1.54, 1.807) is 12.1 Å². The molecule has 2 nitrogen and oxygen atoms in total. The lowest BCUT2D eigenvalue weighted by Crippen LogP contribution is -2.38. The first-order chi connectivity index (χ1) is 9.66. The van der Waals surface area contributed by atoms with Gasteiger partial charge in [0, 0.05) is 15.5 Å². The molecule has 1 aromatic rings. The zero-order valence-electron chi connectivity index (χ0n) is 13.5. The van der Waals surface area contributed by atoms with E-state index < -0.39 is 0 Å². The van der Waals surface area contributed by atoms with E-state index in [4.69, 9.17) is 4.74 Å². The van der Waals surface area contributed by atoms with E-state index in [9.17, 15) is 4.39 Å². The minimum atomic E-state index is -0.201. The van der Waals surface area contributed by atoms with Crippen molar-refractivity contribution in [2.45, 2.75) is 58.3 Å². The summed E-state index contributed by atoms with van der Waals surface area (Å²) < 4.78 is 20.6. The molecule has 1 aliphatic rings. The molecule has 0 aliphatic carbocycles. The molecular weight excluding hydrogens is 380 g/mol. The second-order valence-corrected chi connectivity index (χ2v) is 8.14. The van der Waals surface area contributed by atoms with Crippen molar-refractivity contribution in [3.63, 3.8) is 0 Å². The van der Waals surface area contributed by atoms with Crippen LogP contribution >= 0.6 is 22.6 Å². The normalized spacial score (nSPS) is 25.0. The average Bonchev–Trinajstić information content (AvgIpc) is 2.55. The van der Waals surface area contributed by atoms with E-state index in [-0.39, 0.29) is 23.1 Å². The van der Waals surface area contributed by atoms with Crippen LogP contribution in [0.2, 0.25) is 0 Å². The molecular formula is C17H25FINO. The maximum Gasteiger partial charge on any atom is 0.124 e. The molecule has 1 fully saturated rings. The van der Waals surface area contributed by atoms with E-state index in [0.29, 0.717) is 5.92 Å². The lowest BCUT2D eigenvalue weighted by molar-refractivity contribution is -0.0778. The number of rotatable bonds is 4. The van der Waals surface area contributed by atoms with Gasteiger partial charge in [-0.1, -0.05) is 13.0 Å². The molecule has 2 atom stereocenters. The summed E-state index contributed by atoms with van der Waals surface area (Å²) in [6.45, 7) is 11.6. The van der Waals surface area contributed by atoms with Crippen molar-refractivity contribution in [3.8, 4) is 0 Å². The Morgan fingerprint density at radius 2 is 2.05 bits per heavy atom. The van der Waals surface area contributed by atoms with E-state index in [1.165, 1.54) is 5.56 Å². The van der Waals surface area contributed by atoms with Crippen LogP contribution in [0.5, 0.6) is 0 Å². The van der Waals surface area contributed by atoms with E-state index >= 15 is 0 Å². The van der Waals surface area contributed by atoms with Gasteiger partial charge in [0.15, 0.2) is 0 Å². The van der Waals surface area contributed by atoms with Crippen molar-refractivity contribution in [2.75, 3.05) is 6.54 Å². The number of ether oxygens (including phenoxy) is 1. The van der Waals surface area contributed by atoms with Crippen LogP contribution < -0.4 is 5.32 Å². The molecule has 1 saturated heterocycles. The molecule has 1 aromatic carbocycles. The van der Waals surface area contributed by atoms with Crippen molar-refractivity contribution in [2.24, 2.45) is 5.92 Å². The summed E-state index contributed by atoms with van der Waals surface area (Å²) in [5.74, 6) is 0.173. The van der Waals surface area contributed by atoms with Crippen LogP contribution in [0.1, 0.15) is 52.6 Å². The maximum absolute atomic E-state index is 13.4. The minimum Gasteiger partial charge on any atom is -0.369 e. The fourth-order valence-electron chi connectivity index (χ4n) is 3.57. The largest absolute Gasteiger partial charge is 0.369 e. The first-order valence-corrected chi connectivity index (χ1v) is 8.62. The first kappa shape index (κ1) is 17.2. The average molecular weight is 405 g/mol. The Morgan fingerprint density at radius 1 is 1.38 bits per heavy atom. The summed E-state index contributed by atoms with van der Waals surface area (Å²) in [6, 6.07) is 5.25. The summed E-state index contributed by atoms with van der Waals surface area (Å²) in [4.78, 5) is 0. The number of nitrogens with one attached hydrogen (secondary N) is 1.